The minimum atomic E-state index is -1.13. The summed E-state index contributed by atoms with van der Waals surface area (Å²) in [6, 6.07) is 20.6. The van der Waals surface area contributed by atoms with Gasteiger partial charge in [0.15, 0.2) is 0 Å². The Morgan fingerprint density at radius 2 is 1.68 bits per heavy atom. The van der Waals surface area contributed by atoms with E-state index in [2.05, 4.69) is 22.3 Å². The molecule has 5 rings (SSSR count). The number of carbonyl (C=O) groups excluding carboxylic acids is 1. The number of nitrogens with zero attached hydrogens (tertiary/aromatic N) is 1. The van der Waals surface area contributed by atoms with Crippen LogP contribution in [0, 0.1) is 0 Å². The normalized spacial score (nSPS) is 15.8. The molecule has 1 atom stereocenters. The van der Waals surface area contributed by atoms with E-state index in [4.69, 9.17) is 14.2 Å². The lowest BCUT2D eigenvalue weighted by molar-refractivity contribution is -0.139. The molecule has 3 aromatic rings. The van der Waals surface area contributed by atoms with Crippen LogP contribution in [0.1, 0.15) is 28.2 Å². The smallest absolute Gasteiger partial charge is 0.407 e. The molecule has 198 valence electrons. The minimum absolute atomic E-state index is 0.0965. The first-order chi connectivity index (χ1) is 18.5. The van der Waals surface area contributed by atoms with E-state index in [-0.39, 0.29) is 18.9 Å². The molecular formula is C30H32N2O6. The maximum Gasteiger partial charge on any atom is 0.407 e. The van der Waals surface area contributed by atoms with Crippen molar-refractivity contribution in [3.63, 3.8) is 0 Å². The molecule has 38 heavy (non-hydrogen) atoms. The Balaban J connectivity index is 1.24. The van der Waals surface area contributed by atoms with Crippen LogP contribution in [0.25, 0.3) is 11.1 Å². The van der Waals surface area contributed by atoms with E-state index < -0.39 is 18.1 Å². The Morgan fingerprint density at radius 1 is 1.03 bits per heavy atom. The molecule has 1 heterocycles. The third-order valence-electron chi connectivity index (χ3n) is 7.22. The van der Waals surface area contributed by atoms with Gasteiger partial charge in [-0.3, -0.25) is 4.90 Å². The van der Waals surface area contributed by atoms with Crippen molar-refractivity contribution in [3.8, 4) is 16.9 Å². The van der Waals surface area contributed by atoms with Crippen LogP contribution in [0.2, 0.25) is 0 Å². The number of methoxy groups -OCH3 is 1. The van der Waals surface area contributed by atoms with Gasteiger partial charge in [-0.2, -0.15) is 0 Å². The molecule has 1 aliphatic heterocycles. The Kier molecular flexibility index (Phi) is 7.91. The Hall–Kier alpha value is -3.88. The van der Waals surface area contributed by atoms with Crippen molar-refractivity contribution >= 4 is 12.1 Å². The average Bonchev–Trinajstić information content (AvgIpc) is 3.26. The lowest BCUT2D eigenvalue weighted by atomic mass is 9.98. The number of carboxylic acid groups (broad SMARTS) is 1. The van der Waals surface area contributed by atoms with Gasteiger partial charge in [0.1, 0.15) is 18.4 Å². The topological polar surface area (TPSA) is 97.3 Å². The maximum atomic E-state index is 12.7. The number of amides is 1. The average molecular weight is 517 g/mol. The highest BCUT2D eigenvalue weighted by Crippen LogP contribution is 2.44. The van der Waals surface area contributed by atoms with Crippen molar-refractivity contribution in [1.29, 1.82) is 0 Å². The van der Waals surface area contributed by atoms with Crippen LogP contribution in [0.15, 0.2) is 66.7 Å². The van der Waals surface area contributed by atoms with Gasteiger partial charge in [-0.05, 0) is 33.9 Å². The monoisotopic (exact) mass is 516 g/mol. The maximum absolute atomic E-state index is 12.7. The summed E-state index contributed by atoms with van der Waals surface area (Å²) < 4.78 is 16.5. The lowest BCUT2D eigenvalue weighted by Crippen LogP contribution is -2.43. The molecule has 8 heteroatoms. The summed E-state index contributed by atoms with van der Waals surface area (Å²) in [5.74, 6) is -0.471. The number of hydrogen-bond donors (Lipinski definition) is 2. The van der Waals surface area contributed by atoms with Crippen molar-refractivity contribution < 1.29 is 28.9 Å². The number of rotatable bonds is 9. The first-order valence-electron chi connectivity index (χ1n) is 12.8. The second-order valence-corrected chi connectivity index (χ2v) is 9.60. The van der Waals surface area contributed by atoms with Crippen LogP contribution in [0.3, 0.4) is 0 Å². The number of carbonyl (C=O) groups is 2. The van der Waals surface area contributed by atoms with E-state index >= 15 is 0 Å². The van der Waals surface area contributed by atoms with Gasteiger partial charge < -0.3 is 24.6 Å². The molecule has 0 aromatic heterocycles. The van der Waals surface area contributed by atoms with Gasteiger partial charge in [-0.15, -0.1) is 0 Å². The largest absolute Gasteiger partial charge is 0.496 e. The second kappa shape index (κ2) is 11.7. The van der Waals surface area contributed by atoms with Crippen LogP contribution in [0.4, 0.5) is 4.79 Å². The second-order valence-electron chi connectivity index (χ2n) is 9.60. The highest BCUT2D eigenvalue weighted by molar-refractivity contribution is 5.81. The quantitative estimate of drug-likeness (QED) is 0.443. The van der Waals surface area contributed by atoms with Crippen molar-refractivity contribution in [1.82, 2.24) is 10.2 Å². The van der Waals surface area contributed by atoms with Crippen LogP contribution in [-0.4, -0.2) is 68.1 Å². The highest BCUT2D eigenvalue weighted by atomic mass is 16.5. The summed E-state index contributed by atoms with van der Waals surface area (Å²) in [5, 5.41) is 12.4. The molecule has 0 saturated carbocycles. The molecule has 3 aromatic carbocycles. The van der Waals surface area contributed by atoms with Gasteiger partial charge in [-0.1, -0.05) is 60.7 Å². The molecule has 0 spiro atoms. The number of alkyl carbamates (subject to hydrolysis) is 1. The minimum Gasteiger partial charge on any atom is -0.496 e. The number of aliphatic carboxylic acids is 1. The van der Waals surface area contributed by atoms with E-state index in [0.717, 1.165) is 52.2 Å². The van der Waals surface area contributed by atoms with Crippen molar-refractivity contribution in [2.75, 3.05) is 40.0 Å². The third kappa shape index (κ3) is 5.66. The SMILES string of the molecule is COc1ccc(CC(NC(=O)OCC2c3ccccc3-c3ccccc32)C(=O)O)cc1CN1CCOCC1. The van der Waals surface area contributed by atoms with E-state index in [1.54, 1.807) is 7.11 Å². The molecule has 0 radical (unpaired) electrons. The highest BCUT2D eigenvalue weighted by Gasteiger charge is 2.30. The predicted molar refractivity (Wildman–Crippen MR) is 142 cm³/mol. The summed E-state index contributed by atoms with van der Waals surface area (Å²) in [6.45, 7) is 3.83. The molecule has 1 aliphatic carbocycles. The fraction of sp³-hybridized carbons (Fsp3) is 0.333. The molecule has 1 unspecified atom stereocenters. The van der Waals surface area contributed by atoms with Gasteiger partial charge in [-0.25, -0.2) is 9.59 Å². The number of fused-ring (bicyclic) bond motifs is 3. The van der Waals surface area contributed by atoms with Gasteiger partial charge in [0.05, 0.1) is 20.3 Å². The number of carboxylic acids is 1. The first-order valence-corrected chi connectivity index (χ1v) is 12.8. The zero-order valence-electron chi connectivity index (χ0n) is 21.4. The third-order valence-corrected chi connectivity index (χ3v) is 7.22. The van der Waals surface area contributed by atoms with E-state index in [1.165, 1.54) is 0 Å². The summed E-state index contributed by atoms with van der Waals surface area (Å²) in [7, 11) is 1.62. The van der Waals surface area contributed by atoms with E-state index in [1.807, 2.05) is 54.6 Å². The Labute approximate surface area is 222 Å². The Bertz CT molecular complexity index is 1260. The molecule has 1 amide bonds. The standard InChI is InChI=1S/C30H32N2O6/c1-36-28-11-10-20(16-21(28)18-32-12-14-37-15-13-32)17-27(29(33)34)31-30(35)38-19-26-24-8-4-2-6-22(24)23-7-3-5-9-25(23)26/h2-11,16,26-27H,12-15,17-19H2,1H3,(H,31,35)(H,33,34). The van der Waals surface area contributed by atoms with E-state index in [9.17, 15) is 14.7 Å². The molecular weight excluding hydrogens is 484 g/mol. The van der Waals surface area contributed by atoms with Gasteiger partial charge in [0.2, 0.25) is 0 Å². The number of morpholine rings is 1. The van der Waals surface area contributed by atoms with Crippen LogP contribution in [0.5, 0.6) is 5.75 Å². The molecule has 1 saturated heterocycles. The van der Waals surface area contributed by atoms with Crippen LogP contribution >= 0.6 is 0 Å². The zero-order valence-corrected chi connectivity index (χ0v) is 21.4. The summed E-state index contributed by atoms with van der Waals surface area (Å²) in [5.41, 5.74) is 6.23. The first kappa shape index (κ1) is 25.8. The predicted octanol–water partition coefficient (Wildman–Crippen LogP) is 4.06. The summed E-state index contributed by atoms with van der Waals surface area (Å²) in [6.07, 6.45) is -0.624. The van der Waals surface area contributed by atoms with Crippen molar-refractivity contribution in [3.05, 3.63) is 89.0 Å². The molecule has 2 aliphatic rings. The van der Waals surface area contributed by atoms with Crippen molar-refractivity contribution in [2.45, 2.75) is 24.9 Å². The van der Waals surface area contributed by atoms with Gasteiger partial charge in [0.25, 0.3) is 0 Å². The van der Waals surface area contributed by atoms with Gasteiger partial charge in [0, 0.05) is 37.5 Å². The molecule has 8 nitrogen and oxygen atoms in total. The number of benzene rings is 3. The van der Waals surface area contributed by atoms with Gasteiger partial charge >= 0.3 is 12.1 Å². The van der Waals surface area contributed by atoms with Crippen molar-refractivity contribution in [2.24, 2.45) is 0 Å². The summed E-state index contributed by atoms with van der Waals surface area (Å²) >= 11 is 0. The molecule has 0 bridgehead atoms. The van der Waals surface area contributed by atoms with Crippen LogP contribution < -0.4 is 10.1 Å². The Morgan fingerprint density at radius 3 is 2.32 bits per heavy atom. The molecule has 1 fully saturated rings. The number of ether oxygens (including phenoxy) is 3. The zero-order chi connectivity index (χ0) is 26.5. The summed E-state index contributed by atoms with van der Waals surface area (Å²) in [4.78, 5) is 27.0. The fourth-order valence-corrected chi connectivity index (χ4v) is 5.30. The number of nitrogens with one attached hydrogen (secondary N) is 1. The van der Waals surface area contributed by atoms with E-state index in [0.29, 0.717) is 19.8 Å². The van der Waals surface area contributed by atoms with Crippen LogP contribution in [-0.2, 0) is 27.2 Å². The fourth-order valence-electron chi connectivity index (χ4n) is 5.30. The lowest BCUT2D eigenvalue weighted by Gasteiger charge is -2.27. The molecule has 2 N–H and O–H groups in total. The number of hydrogen-bond acceptors (Lipinski definition) is 6.